The number of nitrogens with zero attached hydrogens (tertiary/aromatic N) is 4. The molecule has 0 spiro atoms. The summed E-state index contributed by atoms with van der Waals surface area (Å²) in [7, 11) is 0. The molecule has 134 valence electrons. The van der Waals surface area contributed by atoms with Crippen LogP contribution < -0.4 is 5.32 Å². The van der Waals surface area contributed by atoms with Crippen LogP contribution in [0, 0.1) is 13.8 Å². The quantitative estimate of drug-likeness (QED) is 0.608. The molecule has 4 aromatic rings. The van der Waals surface area contributed by atoms with Crippen LogP contribution in [0.5, 0.6) is 0 Å². The van der Waals surface area contributed by atoms with Gasteiger partial charge in [0, 0.05) is 11.1 Å². The summed E-state index contributed by atoms with van der Waals surface area (Å²) in [6.45, 7) is 4.26. The number of aromatic nitrogens is 4. The highest BCUT2D eigenvalue weighted by Crippen LogP contribution is 2.17. The highest BCUT2D eigenvalue weighted by molar-refractivity contribution is 5.94. The summed E-state index contributed by atoms with van der Waals surface area (Å²) in [6, 6.07) is 19.4. The predicted octanol–water partition coefficient (Wildman–Crippen LogP) is 3.34. The van der Waals surface area contributed by atoms with E-state index in [-0.39, 0.29) is 12.5 Å². The fourth-order valence-corrected chi connectivity index (χ4v) is 2.85. The number of benzene rings is 2. The van der Waals surface area contributed by atoms with Crippen LogP contribution in [0.4, 0.5) is 0 Å². The van der Waals surface area contributed by atoms with Gasteiger partial charge in [-0.1, -0.05) is 36.4 Å². The minimum atomic E-state index is -0.144. The fourth-order valence-electron chi connectivity index (χ4n) is 2.85. The zero-order valence-electron chi connectivity index (χ0n) is 15.2. The normalized spacial score (nSPS) is 10.9. The zero-order chi connectivity index (χ0) is 18.8. The number of carbonyl (C=O) groups excluding carboxylic acids is 1. The van der Waals surface area contributed by atoms with Crippen molar-refractivity contribution in [2.45, 2.75) is 20.4 Å². The van der Waals surface area contributed by atoms with E-state index in [2.05, 4.69) is 20.6 Å². The lowest BCUT2D eigenvalue weighted by Crippen LogP contribution is -2.24. The van der Waals surface area contributed by atoms with E-state index in [1.807, 2.05) is 74.5 Å². The molecule has 2 aromatic carbocycles. The van der Waals surface area contributed by atoms with Gasteiger partial charge in [-0.15, -0.1) is 10.2 Å². The van der Waals surface area contributed by atoms with Crippen molar-refractivity contribution in [3.05, 3.63) is 83.2 Å². The Balaban J connectivity index is 1.57. The Morgan fingerprint density at radius 1 is 0.963 bits per heavy atom. The van der Waals surface area contributed by atoms with Gasteiger partial charge in [0.15, 0.2) is 11.5 Å². The Morgan fingerprint density at radius 3 is 2.56 bits per heavy atom. The first-order chi connectivity index (χ1) is 13.1. The molecule has 1 N–H and O–H groups in total. The van der Waals surface area contributed by atoms with Crippen LogP contribution in [0.3, 0.4) is 0 Å². The number of nitrogens with one attached hydrogen (secondary N) is 1. The molecule has 0 aliphatic rings. The molecular formula is C21H19N5O. The van der Waals surface area contributed by atoms with Gasteiger partial charge in [-0.3, -0.25) is 4.79 Å². The summed E-state index contributed by atoms with van der Waals surface area (Å²) in [5.74, 6) is 0.439. The molecule has 27 heavy (non-hydrogen) atoms. The van der Waals surface area contributed by atoms with Crippen molar-refractivity contribution in [1.29, 1.82) is 0 Å². The number of amides is 1. The fraction of sp³-hybridized carbons (Fsp3) is 0.143. The molecule has 0 aliphatic heterocycles. The summed E-state index contributed by atoms with van der Waals surface area (Å²) < 4.78 is 1.67. The lowest BCUT2D eigenvalue weighted by atomic mass is 10.1. The Bertz CT molecular complexity index is 1120. The Kier molecular flexibility index (Phi) is 4.38. The first-order valence-electron chi connectivity index (χ1n) is 8.74. The second-order valence-electron chi connectivity index (χ2n) is 6.45. The first kappa shape index (κ1) is 16.9. The third-order valence-electron chi connectivity index (χ3n) is 4.57. The molecule has 0 unspecified atom stereocenters. The van der Waals surface area contributed by atoms with Crippen molar-refractivity contribution in [2.75, 3.05) is 0 Å². The monoisotopic (exact) mass is 357 g/mol. The Labute approximate surface area is 156 Å². The van der Waals surface area contributed by atoms with Crippen molar-refractivity contribution in [1.82, 2.24) is 25.1 Å². The molecule has 2 aromatic heterocycles. The summed E-state index contributed by atoms with van der Waals surface area (Å²) in [5, 5.41) is 15.8. The van der Waals surface area contributed by atoms with Crippen LogP contribution in [-0.4, -0.2) is 25.7 Å². The molecule has 0 aliphatic carbocycles. The zero-order valence-corrected chi connectivity index (χ0v) is 15.2. The number of aryl methyl sites for hydroxylation is 2. The largest absolute Gasteiger partial charge is 0.345 e. The average molecular weight is 357 g/mol. The van der Waals surface area contributed by atoms with E-state index in [9.17, 15) is 4.79 Å². The minimum absolute atomic E-state index is 0.144. The lowest BCUT2D eigenvalue weighted by Gasteiger charge is -2.07. The van der Waals surface area contributed by atoms with Gasteiger partial charge >= 0.3 is 0 Å². The van der Waals surface area contributed by atoms with Crippen LogP contribution in [0.15, 0.2) is 60.7 Å². The second kappa shape index (κ2) is 6.99. The van der Waals surface area contributed by atoms with E-state index in [0.29, 0.717) is 17.0 Å². The Hall–Kier alpha value is -3.54. The highest BCUT2D eigenvalue weighted by Gasteiger charge is 2.11. The number of hydrogen-bond acceptors (Lipinski definition) is 4. The molecular weight excluding hydrogens is 338 g/mol. The molecule has 4 rings (SSSR count). The standard InChI is InChI=1S/C21H19N5O/c1-14-8-9-17(12-15(14)2)21(27)22-13-20-24-23-19-11-10-18(25-26(19)20)16-6-4-3-5-7-16/h3-12H,13H2,1-2H3,(H,22,27). The second-order valence-corrected chi connectivity index (χ2v) is 6.45. The Morgan fingerprint density at radius 2 is 1.78 bits per heavy atom. The van der Waals surface area contributed by atoms with E-state index >= 15 is 0 Å². The SMILES string of the molecule is Cc1ccc(C(=O)NCc2nnc3ccc(-c4ccccc4)nn23)cc1C. The van der Waals surface area contributed by atoms with E-state index in [0.717, 1.165) is 22.4 Å². The van der Waals surface area contributed by atoms with Crippen LogP contribution in [0.25, 0.3) is 16.9 Å². The van der Waals surface area contributed by atoms with E-state index < -0.39 is 0 Å². The van der Waals surface area contributed by atoms with Crippen molar-refractivity contribution < 1.29 is 4.79 Å². The summed E-state index contributed by atoms with van der Waals surface area (Å²) in [4.78, 5) is 12.4. The molecule has 0 atom stereocenters. The third-order valence-corrected chi connectivity index (χ3v) is 4.57. The van der Waals surface area contributed by atoms with E-state index in [1.54, 1.807) is 4.52 Å². The molecule has 6 nitrogen and oxygen atoms in total. The van der Waals surface area contributed by atoms with Crippen LogP contribution >= 0.6 is 0 Å². The molecule has 2 heterocycles. The molecule has 0 radical (unpaired) electrons. The van der Waals surface area contributed by atoms with E-state index in [1.165, 1.54) is 0 Å². The highest BCUT2D eigenvalue weighted by atomic mass is 16.1. The molecule has 0 saturated carbocycles. The van der Waals surface area contributed by atoms with Crippen LogP contribution in [-0.2, 0) is 6.54 Å². The number of fused-ring (bicyclic) bond motifs is 1. The van der Waals surface area contributed by atoms with Gasteiger partial charge in [0.1, 0.15) is 0 Å². The third kappa shape index (κ3) is 3.42. The maximum Gasteiger partial charge on any atom is 0.251 e. The van der Waals surface area contributed by atoms with Gasteiger partial charge in [0.25, 0.3) is 5.91 Å². The van der Waals surface area contributed by atoms with Crippen molar-refractivity contribution in [3.8, 4) is 11.3 Å². The molecule has 0 saturated heterocycles. The van der Waals surface area contributed by atoms with Crippen LogP contribution in [0.2, 0.25) is 0 Å². The van der Waals surface area contributed by atoms with Gasteiger partial charge in [-0.25, -0.2) is 0 Å². The van der Waals surface area contributed by atoms with Gasteiger partial charge in [0.05, 0.1) is 12.2 Å². The van der Waals surface area contributed by atoms with Crippen molar-refractivity contribution in [2.24, 2.45) is 0 Å². The van der Waals surface area contributed by atoms with Gasteiger partial charge < -0.3 is 5.32 Å². The lowest BCUT2D eigenvalue weighted by molar-refractivity contribution is 0.0949. The number of carbonyl (C=O) groups is 1. The maximum atomic E-state index is 12.4. The molecule has 1 amide bonds. The maximum absolute atomic E-state index is 12.4. The van der Waals surface area contributed by atoms with Gasteiger partial charge in [0.2, 0.25) is 0 Å². The van der Waals surface area contributed by atoms with Gasteiger partial charge in [-0.2, -0.15) is 9.61 Å². The first-order valence-corrected chi connectivity index (χ1v) is 8.74. The summed E-state index contributed by atoms with van der Waals surface area (Å²) in [6.07, 6.45) is 0. The van der Waals surface area contributed by atoms with Crippen LogP contribution in [0.1, 0.15) is 27.3 Å². The van der Waals surface area contributed by atoms with Crippen molar-refractivity contribution in [3.63, 3.8) is 0 Å². The average Bonchev–Trinajstić information content (AvgIpc) is 3.11. The summed E-state index contributed by atoms with van der Waals surface area (Å²) in [5.41, 5.74) is 5.36. The predicted molar refractivity (Wildman–Crippen MR) is 103 cm³/mol. The smallest absolute Gasteiger partial charge is 0.251 e. The van der Waals surface area contributed by atoms with Crippen molar-refractivity contribution >= 4 is 11.6 Å². The van der Waals surface area contributed by atoms with Gasteiger partial charge in [-0.05, 0) is 49.2 Å². The molecule has 0 bridgehead atoms. The number of hydrogen-bond donors (Lipinski definition) is 1. The topological polar surface area (TPSA) is 72.2 Å². The number of rotatable bonds is 4. The van der Waals surface area contributed by atoms with E-state index in [4.69, 9.17) is 0 Å². The molecule has 0 fully saturated rings. The molecule has 6 heteroatoms. The minimum Gasteiger partial charge on any atom is -0.345 e. The summed E-state index contributed by atoms with van der Waals surface area (Å²) >= 11 is 0.